The second kappa shape index (κ2) is 9.91. The Bertz CT molecular complexity index is 850. The smallest absolute Gasteiger partial charge is 0.410 e. The van der Waals surface area contributed by atoms with E-state index in [1.165, 1.54) is 12.1 Å². The Morgan fingerprint density at radius 1 is 1.43 bits per heavy atom. The minimum Gasteiger partial charge on any atom is -0.444 e. The zero-order chi connectivity index (χ0) is 22.3. The Morgan fingerprint density at radius 2 is 2.10 bits per heavy atom. The number of ether oxygens (including phenoxy) is 1. The minimum atomic E-state index is -0.528. The van der Waals surface area contributed by atoms with Crippen molar-refractivity contribution in [3.63, 3.8) is 0 Å². The van der Waals surface area contributed by atoms with Crippen LogP contribution >= 0.6 is 0 Å². The molecule has 0 aromatic heterocycles. The van der Waals surface area contributed by atoms with Crippen LogP contribution in [-0.4, -0.2) is 47.8 Å². The van der Waals surface area contributed by atoms with Gasteiger partial charge in [-0.3, -0.25) is 10.8 Å². The van der Waals surface area contributed by atoms with E-state index in [1.807, 2.05) is 20.8 Å². The van der Waals surface area contributed by atoms with E-state index in [0.717, 1.165) is 12.8 Å². The minimum absolute atomic E-state index is 0.219. The van der Waals surface area contributed by atoms with E-state index < -0.39 is 17.3 Å². The number of likely N-dealkylation sites (tertiary alicyclic amines) is 1. The maximum atomic E-state index is 14.3. The van der Waals surface area contributed by atoms with Crippen LogP contribution in [-0.2, 0) is 4.74 Å². The van der Waals surface area contributed by atoms with Crippen LogP contribution in [0.3, 0.4) is 0 Å². The van der Waals surface area contributed by atoms with Crippen LogP contribution in [0.15, 0.2) is 23.3 Å². The number of hydrogen-bond acceptors (Lipinski definition) is 7. The zero-order valence-electron chi connectivity index (χ0n) is 17.5. The van der Waals surface area contributed by atoms with Crippen molar-refractivity contribution in [2.45, 2.75) is 39.2 Å². The SMILES string of the molecule is CC(C)(C)OC(=O)N1CCC(CNc2c(F)cccc2N/N=C(\C#N)C(=N)N)CC1. The van der Waals surface area contributed by atoms with E-state index in [9.17, 15) is 9.18 Å². The van der Waals surface area contributed by atoms with Crippen molar-refractivity contribution < 1.29 is 13.9 Å². The topological polar surface area (TPSA) is 140 Å². The number of amidine groups is 1. The fraction of sp³-hybridized carbons (Fsp3) is 0.500. The van der Waals surface area contributed by atoms with Gasteiger partial charge in [0.1, 0.15) is 17.5 Å². The Hall–Kier alpha value is -3.35. The van der Waals surface area contributed by atoms with E-state index in [4.69, 9.17) is 21.1 Å². The second-order valence-corrected chi connectivity index (χ2v) is 8.05. The number of halogens is 1. The van der Waals surface area contributed by atoms with Crippen LogP contribution in [0.25, 0.3) is 0 Å². The van der Waals surface area contributed by atoms with Crippen molar-refractivity contribution in [1.29, 1.82) is 10.7 Å². The fourth-order valence-corrected chi connectivity index (χ4v) is 2.95. The van der Waals surface area contributed by atoms with Crippen LogP contribution in [0.4, 0.5) is 20.6 Å². The van der Waals surface area contributed by atoms with Gasteiger partial charge in [-0.1, -0.05) is 6.07 Å². The molecule has 1 aliphatic rings. The first-order valence-electron chi connectivity index (χ1n) is 9.69. The van der Waals surface area contributed by atoms with Gasteiger partial charge >= 0.3 is 6.09 Å². The number of hydrogen-bond donors (Lipinski definition) is 4. The Kier molecular flexibility index (Phi) is 7.58. The van der Waals surface area contributed by atoms with Crippen LogP contribution in [0.2, 0.25) is 0 Å². The first-order chi connectivity index (χ1) is 14.1. The Balaban J connectivity index is 1.95. The number of nitriles is 1. The van der Waals surface area contributed by atoms with E-state index in [-0.39, 0.29) is 23.4 Å². The van der Waals surface area contributed by atoms with Gasteiger partial charge in [0.2, 0.25) is 5.71 Å². The predicted octanol–water partition coefficient (Wildman–Crippen LogP) is 3.11. The van der Waals surface area contributed by atoms with Gasteiger partial charge in [-0.2, -0.15) is 10.4 Å². The summed E-state index contributed by atoms with van der Waals surface area (Å²) in [5.41, 5.74) is 7.58. The molecule has 0 aliphatic carbocycles. The lowest BCUT2D eigenvalue weighted by molar-refractivity contribution is 0.0188. The number of carbonyl (C=O) groups excluding carboxylic acids is 1. The van der Waals surface area contributed by atoms with Crippen molar-refractivity contribution in [2.75, 3.05) is 30.4 Å². The maximum Gasteiger partial charge on any atom is 0.410 e. The number of hydrazone groups is 1. The summed E-state index contributed by atoms with van der Waals surface area (Å²) in [7, 11) is 0. The summed E-state index contributed by atoms with van der Waals surface area (Å²) in [6.45, 7) is 7.18. The molecule has 10 heteroatoms. The molecule has 0 radical (unpaired) electrons. The van der Waals surface area contributed by atoms with Crippen LogP contribution in [0, 0.1) is 28.5 Å². The van der Waals surface area contributed by atoms with Gasteiger partial charge < -0.3 is 20.7 Å². The molecular formula is C20H28FN7O2. The molecule has 0 atom stereocenters. The zero-order valence-corrected chi connectivity index (χ0v) is 17.5. The standard InChI is InChI=1S/C20H28FN7O2/c1-20(2,3)30-19(29)28-9-7-13(8-10-28)12-25-17-14(21)5-4-6-15(17)26-27-16(11-22)18(23)24/h4-6,13,25-26H,7-10,12H2,1-3H3,(H3,23,24)/b27-16+. The molecule has 0 unspecified atom stereocenters. The molecule has 5 N–H and O–H groups in total. The highest BCUT2D eigenvalue weighted by Crippen LogP contribution is 2.27. The highest BCUT2D eigenvalue weighted by molar-refractivity contribution is 6.45. The van der Waals surface area contributed by atoms with Gasteiger partial charge in [0.25, 0.3) is 0 Å². The van der Waals surface area contributed by atoms with Crippen molar-refractivity contribution in [3.05, 3.63) is 24.0 Å². The Morgan fingerprint density at radius 3 is 2.67 bits per heavy atom. The number of amides is 1. The lowest BCUT2D eigenvalue weighted by atomic mass is 9.97. The number of benzene rings is 1. The highest BCUT2D eigenvalue weighted by atomic mass is 19.1. The molecule has 1 fully saturated rings. The number of nitrogens with two attached hydrogens (primary N) is 1. The summed E-state index contributed by atoms with van der Waals surface area (Å²) < 4.78 is 19.7. The highest BCUT2D eigenvalue weighted by Gasteiger charge is 2.27. The third kappa shape index (κ3) is 6.62. The monoisotopic (exact) mass is 417 g/mol. The largest absolute Gasteiger partial charge is 0.444 e. The number of anilines is 2. The molecule has 9 nitrogen and oxygen atoms in total. The van der Waals surface area contributed by atoms with Gasteiger partial charge in [0, 0.05) is 19.6 Å². The average Bonchev–Trinajstić information content (AvgIpc) is 2.66. The quantitative estimate of drug-likeness (QED) is 0.318. The Labute approximate surface area is 175 Å². The number of carbonyl (C=O) groups is 1. The number of rotatable bonds is 6. The molecule has 1 aromatic carbocycles. The molecule has 0 bridgehead atoms. The van der Waals surface area contributed by atoms with E-state index >= 15 is 0 Å². The van der Waals surface area contributed by atoms with E-state index in [2.05, 4.69) is 15.8 Å². The molecule has 30 heavy (non-hydrogen) atoms. The first kappa shape index (κ1) is 22.9. The molecule has 1 aliphatic heterocycles. The molecule has 0 spiro atoms. The molecular weight excluding hydrogens is 389 g/mol. The summed E-state index contributed by atoms with van der Waals surface area (Å²) in [4.78, 5) is 13.9. The van der Waals surface area contributed by atoms with Gasteiger partial charge in [0.05, 0.1) is 11.4 Å². The number of piperidine rings is 1. The first-order valence-corrected chi connectivity index (χ1v) is 9.69. The summed E-state index contributed by atoms with van der Waals surface area (Å²) in [5.74, 6) is -0.693. The van der Waals surface area contributed by atoms with Crippen LogP contribution < -0.4 is 16.5 Å². The summed E-state index contributed by atoms with van der Waals surface area (Å²) >= 11 is 0. The van der Waals surface area contributed by atoms with Crippen molar-refractivity contribution >= 4 is 29.0 Å². The molecule has 2 rings (SSSR count). The van der Waals surface area contributed by atoms with E-state index in [1.54, 1.807) is 17.0 Å². The van der Waals surface area contributed by atoms with Crippen LogP contribution in [0.1, 0.15) is 33.6 Å². The summed E-state index contributed by atoms with van der Waals surface area (Å²) in [5, 5.41) is 23.1. The van der Waals surface area contributed by atoms with E-state index in [0.29, 0.717) is 25.3 Å². The third-order valence-electron chi connectivity index (χ3n) is 4.50. The predicted molar refractivity (Wildman–Crippen MR) is 114 cm³/mol. The number of para-hydroxylation sites is 1. The lowest BCUT2D eigenvalue weighted by Crippen LogP contribution is -2.42. The van der Waals surface area contributed by atoms with Crippen molar-refractivity contribution in [3.8, 4) is 6.07 Å². The van der Waals surface area contributed by atoms with Gasteiger partial charge in [-0.05, 0) is 51.7 Å². The van der Waals surface area contributed by atoms with Crippen molar-refractivity contribution in [1.82, 2.24) is 4.90 Å². The van der Waals surface area contributed by atoms with Gasteiger partial charge in [-0.25, -0.2) is 9.18 Å². The van der Waals surface area contributed by atoms with Gasteiger partial charge in [0.15, 0.2) is 5.84 Å². The average molecular weight is 417 g/mol. The molecule has 1 amide bonds. The summed E-state index contributed by atoms with van der Waals surface area (Å²) in [6, 6.07) is 6.13. The molecule has 1 saturated heterocycles. The number of nitrogens with one attached hydrogen (secondary N) is 3. The molecule has 162 valence electrons. The second-order valence-electron chi connectivity index (χ2n) is 8.05. The molecule has 1 aromatic rings. The van der Waals surface area contributed by atoms with Gasteiger partial charge in [-0.15, -0.1) is 0 Å². The lowest BCUT2D eigenvalue weighted by Gasteiger charge is -2.33. The normalized spacial score (nSPS) is 15.3. The summed E-state index contributed by atoms with van der Waals surface area (Å²) in [6.07, 6.45) is 1.22. The van der Waals surface area contributed by atoms with Crippen LogP contribution in [0.5, 0.6) is 0 Å². The van der Waals surface area contributed by atoms with Crippen molar-refractivity contribution in [2.24, 2.45) is 16.8 Å². The fourth-order valence-electron chi connectivity index (χ4n) is 2.95. The molecule has 1 heterocycles. The maximum absolute atomic E-state index is 14.3. The molecule has 0 saturated carbocycles. The number of nitrogens with zero attached hydrogens (tertiary/aromatic N) is 3. The third-order valence-corrected chi connectivity index (χ3v) is 4.50.